The van der Waals surface area contributed by atoms with Gasteiger partial charge in [0, 0.05) is 27.9 Å². The van der Waals surface area contributed by atoms with Crippen LogP contribution in [0, 0.1) is 11.3 Å². The molecule has 0 spiro atoms. The number of thioether (sulfide) groups is 1. The Hall–Kier alpha value is -3.99. The zero-order chi connectivity index (χ0) is 28.4. The first kappa shape index (κ1) is 27.6. The average molecular weight is 638 g/mol. The highest BCUT2D eigenvalue weighted by atomic mass is 79.9. The standard InChI is InChI=1S/C27H21BrN6O4S2/c28-16-8-4-14(5-9-16)22-18(12-29)24(30)34(19-2-1-3-20(35)23(19)22)26-32-33-27(40-26)39-13-21(36)31-17-10-6-15(7-11-17)25(37)38/h4-11,22H,1-3,13,30H2,(H,31,36)(H,37,38). The number of amides is 1. The van der Waals surface area contributed by atoms with E-state index in [1.165, 1.54) is 47.4 Å². The molecule has 40 heavy (non-hydrogen) atoms. The smallest absolute Gasteiger partial charge is 0.335 e. The van der Waals surface area contributed by atoms with E-state index in [0.717, 1.165) is 15.7 Å². The largest absolute Gasteiger partial charge is 0.478 e. The van der Waals surface area contributed by atoms with Crippen LogP contribution in [0.3, 0.4) is 0 Å². The Labute approximate surface area is 245 Å². The van der Waals surface area contributed by atoms with Gasteiger partial charge in [0.2, 0.25) is 11.0 Å². The number of allylic oxidation sites excluding steroid dienone is 3. The van der Waals surface area contributed by atoms with E-state index in [9.17, 15) is 19.6 Å². The van der Waals surface area contributed by atoms with Crippen molar-refractivity contribution in [2.45, 2.75) is 29.5 Å². The molecule has 2 aromatic carbocycles. The number of Topliss-reactive ketones (excluding diaryl/α,β-unsaturated/α-hetero) is 1. The van der Waals surface area contributed by atoms with Gasteiger partial charge in [0.1, 0.15) is 5.82 Å². The van der Waals surface area contributed by atoms with Crippen LogP contribution in [0.15, 0.2) is 80.0 Å². The summed E-state index contributed by atoms with van der Waals surface area (Å²) in [5.41, 5.74) is 9.54. The molecule has 202 valence electrons. The Morgan fingerprint density at radius 3 is 2.58 bits per heavy atom. The molecule has 1 aliphatic carbocycles. The molecule has 0 radical (unpaired) electrons. The molecule has 1 atom stereocenters. The maximum atomic E-state index is 13.2. The van der Waals surface area contributed by atoms with Crippen LogP contribution >= 0.6 is 39.0 Å². The molecule has 3 aromatic rings. The van der Waals surface area contributed by atoms with Crippen LogP contribution < -0.4 is 16.0 Å². The lowest BCUT2D eigenvalue weighted by Crippen LogP contribution is -2.38. The quantitative estimate of drug-likeness (QED) is 0.300. The van der Waals surface area contributed by atoms with Gasteiger partial charge >= 0.3 is 5.97 Å². The molecule has 13 heteroatoms. The number of anilines is 2. The van der Waals surface area contributed by atoms with E-state index < -0.39 is 11.9 Å². The third kappa shape index (κ3) is 5.51. The van der Waals surface area contributed by atoms with Gasteiger partial charge in [-0.25, -0.2) is 4.79 Å². The highest BCUT2D eigenvalue weighted by Gasteiger charge is 2.41. The Balaban J connectivity index is 1.37. The molecule has 0 saturated carbocycles. The number of nitrogens with zero attached hydrogens (tertiary/aromatic N) is 4. The third-order valence-corrected chi connectivity index (χ3v) is 9.02. The normalized spacial score (nSPS) is 16.9. The number of nitrogens with one attached hydrogen (secondary N) is 1. The zero-order valence-electron chi connectivity index (χ0n) is 20.8. The number of ketones is 1. The summed E-state index contributed by atoms with van der Waals surface area (Å²) in [7, 11) is 0. The first-order chi connectivity index (χ1) is 19.3. The number of carbonyl (C=O) groups is 3. The lowest BCUT2D eigenvalue weighted by Gasteiger charge is -2.38. The second-order valence-corrected chi connectivity index (χ2v) is 12.0. The molecular weight excluding hydrogens is 616 g/mol. The summed E-state index contributed by atoms with van der Waals surface area (Å²) in [6.07, 6.45) is 1.65. The number of carbonyl (C=O) groups excluding carboxylic acids is 2. The predicted molar refractivity (Wildman–Crippen MR) is 155 cm³/mol. The minimum Gasteiger partial charge on any atom is -0.478 e. The first-order valence-corrected chi connectivity index (χ1v) is 14.7. The van der Waals surface area contributed by atoms with Crippen molar-refractivity contribution < 1.29 is 19.5 Å². The highest BCUT2D eigenvalue weighted by molar-refractivity contribution is 9.10. The minimum absolute atomic E-state index is 0.0217. The molecule has 1 aromatic heterocycles. The fourth-order valence-electron chi connectivity index (χ4n) is 4.67. The van der Waals surface area contributed by atoms with Gasteiger partial charge < -0.3 is 16.2 Å². The van der Waals surface area contributed by atoms with Gasteiger partial charge in [0.25, 0.3) is 0 Å². The summed E-state index contributed by atoms with van der Waals surface area (Å²) in [5.74, 6) is -1.68. The van der Waals surface area contributed by atoms with E-state index in [1.807, 2.05) is 24.3 Å². The summed E-state index contributed by atoms with van der Waals surface area (Å²) < 4.78 is 1.40. The van der Waals surface area contributed by atoms with E-state index in [-0.39, 0.29) is 34.4 Å². The van der Waals surface area contributed by atoms with Crippen LogP contribution in [-0.4, -0.2) is 38.7 Å². The number of hydrogen-bond donors (Lipinski definition) is 3. The van der Waals surface area contributed by atoms with Gasteiger partial charge in [0.15, 0.2) is 10.1 Å². The van der Waals surface area contributed by atoms with Crippen molar-refractivity contribution in [1.82, 2.24) is 10.2 Å². The molecule has 1 aliphatic heterocycles. The summed E-state index contributed by atoms with van der Waals surface area (Å²) in [5, 5.41) is 30.8. The number of benzene rings is 2. The fraction of sp³-hybridized carbons (Fsp3) is 0.185. The Kier molecular flexibility index (Phi) is 8.02. The second-order valence-electron chi connectivity index (χ2n) is 8.94. The molecule has 4 N–H and O–H groups in total. The van der Waals surface area contributed by atoms with Gasteiger partial charge in [-0.3, -0.25) is 14.5 Å². The van der Waals surface area contributed by atoms with Gasteiger partial charge in [-0.05, 0) is 54.8 Å². The topological polar surface area (TPSA) is 162 Å². The van der Waals surface area contributed by atoms with E-state index >= 15 is 0 Å². The molecule has 1 amide bonds. The summed E-state index contributed by atoms with van der Waals surface area (Å²) in [6, 6.07) is 15.6. The van der Waals surface area contributed by atoms with Gasteiger partial charge in [-0.1, -0.05) is 51.2 Å². The number of halogens is 1. The van der Waals surface area contributed by atoms with Crippen LogP contribution in [0.1, 0.15) is 41.1 Å². The Morgan fingerprint density at radius 1 is 1.18 bits per heavy atom. The van der Waals surface area contributed by atoms with Gasteiger partial charge in [0.05, 0.1) is 28.9 Å². The number of hydrogen-bond acceptors (Lipinski definition) is 10. The first-order valence-electron chi connectivity index (χ1n) is 12.1. The lowest BCUT2D eigenvalue weighted by molar-refractivity contribution is -0.116. The lowest BCUT2D eigenvalue weighted by atomic mass is 9.76. The van der Waals surface area contributed by atoms with Crippen LogP contribution in [0.2, 0.25) is 0 Å². The number of nitrogens with two attached hydrogens (primary N) is 1. The Bertz CT molecular complexity index is 1610. The van der Waals surface area contributed by atoms with E-state index in [4.69, 9.17) is 10.8 Å². The second kappa shape index (κ2) is 11.6. The number of rotatable bonds is 7. The SMILES string of the molecule is N#CC1=C(N)N(c2nnc(SCC(=O)Nc3ccc(C(=O)O)cc3)s2)C2=C(C(=O)CCC2)C1c1ccc(Br)cc1. The van der Waals surface area contributed by atoms with Crippen LogP contribution in [0.25, 0.3) is 0 Å². The predicted octanol–water partition coefficient (Wildman–Crippen LogP) is 5.03. The Morgan fingerprint density at radius 2 is 1.90 bits per heavy atom. The van der Waals surface area contributed by atoms with Gasteiger partial charge in [-0.15, -0.1) is 10.2 Å². The number of carboxylic acid groups (broad SMARTS) is 1. The monoisotopic (exact) mass is 636 g/mol. The van der Waals surface area contributed by atoms with Gasteiger partial charge in [-0.2, -0.15) is 5.26 Å². The molecule has 10 nitrogen and oxygen atoms in total. The van der Waals surface area contributed by atoms with Crippen molar-refractivity contribution in [2.24, 2.45) is 5.73 Å². The van der Waals surface area contributed by atoms with E-state index in [2.05, 4.69) is 37.5 Å². The van der Waals surface area contributed by atoms with Crippen molar-refractivity contribution in [3.8, 4) is 6.07 Å². The number of carboxylic acids is 1. The zero-order valence-corrected chi connectivity index (χ0v) is 24.0. The van der Waals surface area contributed by atoms with Crippen molar-refractivity contribution in [3.05, 3.63) is 86.8 Å². The molecule has 1 unspecified atom stereocenters. The molecular formula is C27H21BrN6O4S2. The molecule has 0 bridgehead atoms. The van der Waals surface area contributed by atoms with Crippen molar-refractivity contribution in [2.75, 3.05) is 16.0 Å². The van der Waals surface area contributed by atoms with Crippen LogP contribution in [0.5, 0.6) is 0 Å². The van der Waals surface area contributed by atoms with Crippen molar-refractivity contribution >= 4 is 67.5 Å². The maximum absolute atomic E-state index is 13.2. The average Bonchev–Trinajstić information content (AvgIpc) is 3.41. The van der Waals surface area contributed by atoms with E-state index in [1.54, 1.807) is 4.90 Å². The van der Waals surface area contributed by atoms with Crippen molar-refractivity contribution in [3.63, 3.8) is 0 Å². The number of aromatic nitrogens is 2. The fourth-order valence-corrected chi connectivity index (χ4v) is 6.61. The van der Waals surface area contributed by atoms with Crippen LogP contribution in [-0.2, 0) is 9.59 Å². The van der Waals surface area contributed by atoms with E-state index in [0.29, 0.717) is 40.0 Å². The number of nitriles is 1. The van der Waals surface area contributed by atoms with Crippen molar-refractivity contribution in [1.29, 1.82) is 5.26 Å². The summed E-state index contributed by atoms with van der Waals surface area (Å²) >= 11 is 5.82. The third-order valence-electron chi connectivity index (χ3n) is 6.45. The summed E-state index contributed by atoms with van der Waals surface area (Å²) in [4.78, 5) is 38.3. The molecule has 0 fully saturated rings. The molecule has 5 rings (SSSR count). The molecule has 2 heterocycles. The maximum Gasteiger partial charge on any atom is 0.335 e. The molecule has 2 aliphatic rings. The molecule has 0 saturated heterocycles. The highest BCUT2D eigenvalue weighted by Crippen LogP contribution is 2.47. The van der Waals surface area contributed by atoms with Crippen LogP contribution in [0.4, 0.5) is 10.8 Å². The number of aromatic carboxylic acids is 1. The minimum atomic E-state index is -1.05. The summed E-state index contributed by atoms with van der Waals surface area (Å²) in [6.45, 7) is 0.